The van der Waals surface area contributed by atoms with Gasteiger partial charge in [-0.1, -0.05) is 67.1 Å². The van der Waals surface area contributed by atoms with Crippen LogP contribution in [0, 0.1) is 0 Å². The summed E-state index contributed by atoms with van der Waals surface area (Å²) >= 11 is 0. The first kappa shape index (κ1) is 34.4. The lowest BCUT2D eigenvalue weighted by molar-refractivity contribution is -0.145. The minimum absolute atomic E-state index is 0.0341. The van der Waals surface area contributed by atoms with Gasteiger partial charge in [0, 0.05) is 32.5 Å². The van der Waals surface area contributed by atoms with Crippen LogP contribution >= 0.6 is 0 Å². The molecule has 2 heterocycles. The molecule has 2 aromatic carbocycles. The molecule has 0 bridgehead atoms. The quantitative estimate of drug-likeness (QED) is 0.136. The van der Waals surface area contributed by atoms with Crippen LogP contribution in [0.1, 0.15) is 56.1 Å². The number of esters is 1. The molecule has 0 saturated carbocycles. The Morgan fingerprint density at radius 3 is 2.28 bits per heavy atom. The zero-order chi connectivity index (χ0) is 32.7. The number of hydrogen-bond acceptors (Lipinski definition) is 9. The summed E-state index contributed by atoms with van der Waals surface area (Å²) < 4.78 is 10.5. The van der Waals surface area contributed by atoms with Crippen molar-refractivity contribution in [3.63, 3.8) is 0 Å². The molecule has 4 rings (SSSR count). The van der Waals surface area contributed by atoms with E-state index in [1.54, 1.807) is 12.1 Å². The molecule has 5 N–H and O–H groups in total. The highest BCUT2D eigenvalue weighted by atomic mass is 16.5. The van der Waals surface area contributed by atoms with Gasteiger partial charge in [-0.25, -0.2) is 9.59 Å². The number of carbonyl (C=O) groups excluding carboxylic acids is 2. The van der Waals surface area contributed by atoms with Gasteiger partial charge in [-0.3, -0.25) is 9.79 Å². The second-order valence-corrected chi connectivity index (χ2v) is 11.4. The monoisotopic (exact) mass is 637 g/mol. The number of ether oxygens (including phenoxy) is 2. The van der Waals surface area contributed by atoms with Gasteiger partial charge in [-0.2, -0.15) is 4.99 Å². The summed E-state index contributed by atoms with van der Waals surface area (Å²) in [4.78, 5) is 47.0. The molecule has 0 aromatic heterocycles. The first-order valence-corrected chi connectivity index (χ1v) is 15.7. The average molecular weight is 638 g/mol. The Balaban J connectivity index is 1.20. The number of alkyl carbamates (subject to hydrolysis) is 1. The van der Waals surface area contributed by atoms with Gasteiger partial charge in [0.05, 0.1) is 18.2 Å². The Morgan fingerprint density at radius 2 is 1.61 bits per heavy atom. The molecule has 4 atom stereocenters. The van der Waals surface area contributed by atoms with Gasteiger partial charge < -0.3 is 40.3 Å². The molecule has 0 aliphatic carbocycles. The maximum atomic E-state index is 12.1. The molecular formula is C33H43N5O8. The number of aliphatic hydroxyl groups is 2. The van der Waals surface area contributed by atoms with Crippen LogP contribution in [0.25, 0.3) is 0 Å². The van der Waals surface area contributed by atoms with Crippen LogP contribution in [0.3, 0.4) is 0 Å². The highest BCUT2D eigenvalue weighted by Crippen LogP contribution is 2.20. The Bertz CT molecular complexity index is 1340. The standard InChI is InChI=1S/C33H43N5O8/c39-27-19-26-30(38(20-28(27)40)18-9-3-8-16-29(41)45-21-23-11-4-1-5-12-23)37-32(35-26)34-17-10-15-25(31(42)43)36-33(44)46-22-24-13-6-2-7-14-24/h1-2,4-7,11-14,25-28,39-40H,3,8-10,15-22H2,(H,34,35)(H,36,44)(H,42,43)/t25-,26?,27-,28+/m0/s1. The number of nitrogens with zero attached hydrogens (tertiary/aromatic N) is 3. The molecule has 2 aliphatic heterocycles. The summed E-state index contributed by atoms with van der Waals surface area (Å²) in [6.45, 7) is 1.36. The van der Waals surface area contributed by atoms with Crippen molar-refractivity contribution in [2.45, 2.75) is 82.5 Å². The minimum atomic E-state index is -1.17. The Hall–Kier alpha value is -4.49. The number of amides is 1. The van der Waals surface area contributed by atoms with Crippen LogP contribution in [0.15, 0.2) is 70.6 Å². The second-order valence-electron chi connectivity index (χ2n) is 11.4. The average Bonchev–Trinajstić information content (AvgIpc) is 3.41. The van der Waals surface area contributed by atoms with E-state index in [2.05, 4.69) is 20.6 Å². The van der Waals surface area contributed by atoms with Gasteiger partial charge in [-0.15, -0.1) is 0 Å². The van der Waals surface area contributed by atoms with E-state index >= 15 is 0 Å². The molecule has 1 saturated heterocycles. The van der Waals surface area contributed by atoms with E-state index in [4.69, 9.17) is 9.47 Å². The van der Waals surface area contributed by atoms with Crippen molar-refractivity contribution in [3.8, 4) is 0 Å². The topological polar surface area (TPSA) is 182 Å². The Kier molecular flexibility index (Phi) is 13.3. The number of fused-ring (bicyclic) bond motifs is 1. The largest absolute Gasteiger partial charge is 0.480 e. The Morgan fingerprint density at radius 1 is 0.935 bits per heavy atom. The number of unbranched alkanes of at least 4 members (excludes halogenated alkanes) is 2. The van der Waals surface area contributed by atoms with Gasteiger partial charge in [0.1, 0.15) is 25.1 Å². The van der Waals surface area contributed by atoms with Crippen LogP contribution in [-0.4, -0.2) is 94.0 Å². The molecule has 248 valence electrons. The first-order chi connectivity index (χ1) is 22.3. The molecule has 1 unspecified atom stereocenters. The first-order valence-electron chi connectivity index (χ1n) is 15.7. The molecule has 1 amide bonds. The molecule has 2 aliphatic rings. The summed E-state index contributed by atoms with van der Waals surface area (Å²) in [5.74, 6) is -0.353. The molecule has 13 heteroatoms. The van der Waals surface area contributed by atoms with Gasteiger partial charge in [-0.05, 0) is 36.8 Å². The fraction of sp³-hybridized carbons (Fsp3) is 0.485. The molecule has 0 radical (unpaired) electrons. The number of rotatable bonds is 16. The number of aliphatic imine (C=N–C) groups is 2. The lowest BCUT2D eigenvalue weighted by Gasteiger charge is -2.25. The summed E-state index contributed by atoms with van der Waals surface area (Å²) in [5.41, 5.74) is 1.74. The van der Waals surface area contributed by atoms with Crippen molar-refractivity contribution in [1.82, 2.24) is 15.5 Å². The summed E-state index contributed by atoms with van der Waals surface area (Å²) in [5, 5.41) is 36.0. The van der Waals surface area contributed by atoms with Crippen molar-refractivity contribution >= 4 is 29.8 Å². The summed E-state index contributed by atoms with van der Waals surface area (Å²) in [6, 6.07) is 17.2. The fourth-order valence-electron chi connectivity index (χ4n) is 5.22. The maximum Gasteiger partial charge on any atom is 0.408 e. The van der Waals surface area contributed by atoms with E-state index < -0.39 is 30.3 Å². The third-order valence-corrected chi connectivity index (χ3v) is 7.76. The van der Waals surface area contributed by atoms with Gasteiger partial charge in [0.25, 0.3) is 0 Å². The maximum absolute atomic E-state index is 12.1. The van der Waals surface area contributed by atoms with E-state index in [0.717, 1.165) is 24.0 Å². The molecule has 13 nitrogen and oxygen atoms in total. The highest BCUT2D eigenvalue weighted by molar-refractivity contribution is 6.05. The number of aliphatic carboxylic acids is 1. The number of amidine groups is 1. The third kappa shape index (κ3) is 11.1. The van der Waals surface area contributed by atoms with Crippen LogP contribution in [0.5, 0.6) is 0 Å². The molecule has 0 spiro atoms. The van der Waals surface area contributed by atoms with Gasteiger partial charge in [0.2, 0.25) is 5.96 Å². The van der Waals surface area contributed by atoms with Crippen LogP contribution in [0.4, 0.5) is 4.79 Å². The number of benzene rings is 2. The Labute approximate surface area is 268 Å². The van der Waals surface area contributed by atoms with E-state index in [1.807, 2.05) is 53.4 Å². The van der Waals surface area contributed by atoms with E-state index in [0.29, 0.717) is 37.6 Å². The van der Waals surface area contributed by atoms with Crippen LogP contribution in [0.2, 0.25) is 0 Å². The predicted molar refractivity (Wildman–Crippen MR) is 170 cm³/mol. The minimum Gasteiger partial charge on any atom is -0.480 e. The van der Waals surface area contributed by atoms with Crippen LogP contribution in [-0.2, 0) is 32.3 Å². The number of carboxylic acid groups (broad SMARTS) is 1. The van der Waals surface area contributed by atoms with Crippen LogP contribution < -0.4 is 10.6 Å². The smallest absolute Gasteiger partial charge is 0.408 e. The van der Waals surface area contributed by atoms with E-state index in [-0.39, 0.29) is 51.2 Å². The van der Waals surface area contributed by atoms with Gasteiger partial charge in [0.15, 0.2) is 0 Å². The highest BCUT2D eigenvalue weighted by Gasteiger charge is 2.37. The number of nitrogens with one attached hydrogen (secondary N) is 2. The van der Waals surface area contributed by atoms with Crippen molar-refractivity contribution in [2.24, 2.45) is 9.98 Å². The SMILES string of the molecule is O=C(CCCCCN1C[C@@H](O)[C@@H](O)CC2NC(=NCCC[C@H](NC(=O)OCc3ccccc3)C(=O)O)N=C21)OCc1ccccc1. The number of β-amino-alcohol motifs (C(OH)–C–C–N with tert-alkyl or cyclic N) is 1. The number of guanidine groups is 1. The number of likely N-dealkylation sites (tertiary alicyclic amines) is 1. The summed E-state index contributed by atoms with van der Waals surface area (Å²) in [7, 11) is 0. The number of carbonyl (C=O) groups is 3. The summed E-state index contributed by atoms with van der Waals surface area (Å²) in [6.07, 6.45) is 0.630. The molecule has 1 fully saturated rings. The molecular weight excluding hydrogens is 594 g/mol. The normalized spacial score (nSPS) is 20.6. The number of carboxylic acids is 1. The zero-order valence-electron chi connectivity index (χ0n) is 25.8. The predicted octanol–water partition coefficient (Wildman–Crippen LogP) is 2.60. The second kappa shape index (κ2) is 17.9. The lowest BCUT2D eigenvalue weighted by atomic mass is 10.1. The zero-order valence-corrected chi connectivity index (χ0v) is 25.8. The van der Waals surface area contributed by atoms with Crippen molar-refractivity contribution in [2.75, 3.05) is 19.6 Å². The van der Waals surface area contributed by atoms with Gasteiger partial charge >= 0.3 is 18.0 Å². The van der Waals surface area contributed by atoms with E-state index in [1.165, 1.54) is 0 Å². The van der Waals surface area contributed by atoms with Crippen molar-refractivity contribution in [1.29, 1.82) is 0 Å². The van der Waals surface area contributed by atoms with Crippen molar-refractivity contribution in [3.05, 3.63) is 71.8 Å². The third-order valence-electron chi connectivity index (χ3n) is 7.76. The number of hydrogen-bond donors (Lipinski definition) is 5. The molecule has 2 aromatic rings. The fourth-order valence-corrected chi connectivity index (χ4v) is 5.22. The molecule has 46 heavy (non-hydrogen) atoms. The number of aliphatic hydroxyl groups excluding tert-OH is 2. The lowest BCUT2D eigenvalue weighted by Crippen LogP contribution is -2.42. The van der Waals surface area contributed by atoms with Crippen molar-refractivity contribution < 1.29 is 39.2 Å². The van der Waals surface area contributed by atoms with E-state index in [9.17, 15) is 29.7 Å².